The van der Waals surface area contributed by atoms with Gasteiger partial charge in [-0.1, -0.05) is 19.4 Å². The maximum Gasteiger partial charge on any atom is 0.265 e. The molecule has 2 atom stereocenters. The highest BCUT2D eigenvalue weighted by Gasteiger charge is 2.43. The molecule has 0 aliphatic carbocycles. The van der Waals surface area contributed by atoms with Crippen LogP contribution in [0.25, 0.3) is 0 Å². The third kappa shape index (κ3) is 3.80. The Kier molecular flexibility index (Phi) is 5.72. The predicted octanol–water partition coefficient (Wildman–Crippen LogP) is 1.09. The van der Waals surface area contributed by atoms with E-state index in [4.69, 9.17) is 4.74 Å². The fourth-order valence-electron chi connectivity index (χ4n) is 4.06. The lowest BCUT2D eigenvalue weighted by Crippen LogP contribution is -2.57. The van der Waals surface area contributed by atoms with Gasteiger partial charge in [-0.15, -0.1) is 0 Å². The van der Waals surface area contributed by atoms with Crippen molar-refractivity contribution in [1.29, 1.82) is 0 Å². The van der Waals surface area contributed by atoms with Gasteiger partial charge in [0.1, 0.15) is 12.3 Å². The minimum Gasteiger partial charge on any atom is -0.482 e. The minimum absolute atomic E-state index is 0.0671. The van der Waals surface area contributed by atoms with Crippen molar-refractivity contribution in [2.24, 2.45) is 5.41 Å². The van der Waals surface area contributed by atoms with Crippen molar-refractivity contribution in [2.45, 2.75) is 39.2 Å². The average molecular weight is 376 g/mol. The molecule has 0 bridgehead atoms. The molecule has 1 aromatic rings. The van der Waals surface area contributed by atoms with Gasteiger partial charge in [-0.05, 0) is 37.5 Å². The quantitative estimate of drug-likeness (QED) is 0.803. The fraction of sp³-hybridized carbons (Fsp3) is 0.600. The number of piperidine rings is 1. The number of aryl methyl sites for hydroxylation is 1. The number of amides is 2. The summed E-state index contributed by atoms with van der Waals surface area (Å²) in [4.78, 5) is 28.5. The van der Waals surface area contributed by atoms with Crippen LogP contribution >= 0.6 is 0 Å². The van der Waals surface area contributed by atoms with Gasteiger partial charge in [0, 0.05) is 18.5 Å². The predicted molar refractivity (Wildman–Crippen MR) is 101 cm³/mol. The lowest BCUT2D eigenvalue weighted by molar-refractivity contribution is -0.142. The van der Waals surface area contributed by atoms with Crippen LogP contribution in [0.15, 0.2) is 18.2 Å². The van der Waals surface area contributed by atoms with Crippen molar-refractivity contribution >= 4 is 17.5 Å². The number of fused-ring (bicyclic) bond motifs is 1. The molecular weight excluding hydrogens is 348 g/mol. The number of aliphatic hydroxyl groups excluding tert-OH is 2. The molecule has 2 aliphatic rings. The largest absolute Gasteiger partial charge is 0.482 e. The van der Waals surface area contributed by atoms with Crippen molar-refractivity contribution in [3.8, 4) is 5.75 Å². The van der Waals surface area contributed by atoms with Gasteiger partial charge < -0.3 is 19.8 Å². The van der Waals surface area contributed by atoms with E-state index in [1.165, 1.54) is 4.90 Å². The summed E-state index contributed by atoms with van der Waals surface area (Å²) in [6.07, 6.45) is 1.26. The fourth-order valence-corrected chi connectivity index (χ4v) is 4.06. The number of hydrogen-bond acceptors (Lipinski definition) is 5. The zero-order valence-corrected chi connectivity index (χ0v) is 16.0. The maximum atomic E-state index is 12.9. The minimum atomic E-state index is -0.688. The topological polar surface area (TPSA) is 90.3 Å². The highest BCUT2D eigenvalue weighted by atomic mass is 16.5. The Morgan fingerprint density at radius 3 is 2.89 bits per heavy atom. The van der Waals surface area contributed by atoms with Gasteiger partial charge in [-0.25, -0.2) is 0 Å². The Balaban J connectivity index is 1.77. The number of nitrogens with zero attached hydrogens (tertiary/aromatic N) is 2. The summed E-state index contributed by atoms with van der Waals surface area (Å²) in [6.45, 7) is 4.33. The van der Waals surface area contributed by atoms with E-state index in [9.17, 15) is 19.8 Å². The molecule has 3 rings (SSSR count). The van der Waals surface area contributed by atoms with Gasteiger partial charge in [-0.2, -0.15) is 0 Å². The third-order valence-corrected chi connectivity index (χ3v) is 5.65. The van der Waals surface area contributed by atoms with Crippen LogP contribution in [0.3, 0.4) is 0 Å². The summed E-state index contributed by atoms with van der Waals surface area (Å²) in [5, 5.41) is 20.3. The van der Waals surface area contributed by atoms with Crippen LogP contribution in [0.4, 0.5) is 5.69 Å². The summed E-state index contributed by atoms with van der Waals surface area (Å²) in [7, 11) is 0. The standard InChI is InChI=1S/C20H28N2O5/c1-3-7-20(13-23)12-21(8-6-17(20)24)18(25)10-22-15-9-14(2)4-5-16(15)27-11-19(22)26/h4-5,9,17,23-24H,3,6-8,10-13H2,1-2H3/t17-,20+/m1/s1. The summed E-state index contributed by atoms with van der Waals surface area (Å²) in [5.74, 6) is 0.164. The van der Waals surface area contributed by atoms with Crippen LogP contribution < -0.4 is 9.64 Å². The molecule has 0 unspecified atom stereocenters. The van der Waals surface area contributed by atoms with Crippen LogP contribution in [0.5, 0.6) is 5.75 Å². The first-order chi connectivity index (χ1) is 12.9. The zero-order valence-electron chi connectivity index (χ0n) is 16.0. The molecule has 148 valence electrons. The molecule has 2 aliphatic heterocycles. The second-order valence-electron chi connectivity index (χ2n) is 7.63. The molecule has 0 spiro atoms. The highest BCUT2D eigenvalue weighted by Crippen LogP contribution is 2.36. The summed E-state index contributed by atoms with van der Waals surface area (Å²) < 4.78 is 5.46. The molecule has 1 saturated heterocycles. The highest BCUT2D eigenvalue weighted by molar-refractivity contribution is 6.02. The van der Waals surface area contributed by atoms with Crippen LogP contribution in [-0.4, -0.2) is 65.9 Å². The van der Waals surface area contributed by atoms with Crippen molar-refractivity contribution in [3.63, 3.8) is 0 Å². The summed E-state index contributed by atoms with van der Waals surface area (Å²) >= 11 is 0. The first kappa shape index (κ1) is 19.6. The molecule has 27 heavy (non-hydrogen) atoms. The molecule has 7 heteroatoms. The normalized spacial score (nSPS) is 25.2. The number of likely N-dealkylation sites (tertiary alicyclic amines) is 1. The van der Waals surface area contributed by atoms with Crippen LogP contribution in [0.2, 0.25) is 0 Å². The first-order valence-electron chi connectivity index (χ1n) is 9.50. The lowest BCUT2D eigenvalue weighted by Gasteiger charge is -2.45. The Bertz CT molecular complexity index is 722. The molecule has 0 radical (unpaired) electrons. The van der Waals surface area contributed by atoms with Crippen molar-refractivity contribution in [1.82, 2.24) is 4.90 Å². The number of carbonyl (C=O) groups excluding carboxylic acids is 2. The van der Waals surface area contributed by atoms with Gasteiger partial charge >= 0.3 is 0 Å². The van der Waals surface area contributed by atoms with E-state index in [1.54, 1.807) is 4.90 Å². The number of ether oxygens (including phenoxy) is 1. The smallest absolute Gasteiger partial charge is 0.265 e. The first-order valence-corrected chi connectivity index (χ1v) is 9.50. The van der Waals surface area contributed by atoms with Crippen LogP contribution in [0, 0.1) is 12.3 Å². The molecular formula is C20H28N2O5. The number of carbonyl (C=O) groups is 2. The van der Waals surface area contributed by atoms with E-state index in [0.29, 0.717) is 37.4 Å². The third-order valence-electron chi connectivity index (χ3n) is 5.65. The van der Waals surface area contributed by atoms with Crippen LogP contribution in [0.1, 0.15) is 31.7 Å². The number of hydrogen-bond donors (Lipinski definition) is 2. The van der Waals surface area contributed by atoms with Crippen LogP contribution in [-0.2, 0) is 9.59 Å². The molecule has 7 nitrogen and oxygen atoms in total. The Labute approximate surface area is 159 Å². The van der Waals surface area contributed by atoms with Crippen molar-refractivity contribution < 1.29 is 24.5 Å². The molecule has 1 fully saturated rings. The Hall–Kier alpha value is -2.12. The summed E-state index contributed by atoms with van der Waals surface area (Å²) in [5.41, 5.74) is 0.901. The average Bonchev–Trinajstić information content (AvgIpc) is 2.66. The lowest BCUT2D eigenvalue weighted by atomic mass is 9.74. The van der Waals surface area contributed by atoms with E-state index in [1.807, 2.05) is 32.0 Å². The van der Waals surface area contributed by atoms with Gasteiger partial charge in [-0.3, -0.25) is 14.5 Å². The number of benzene rings is 1. The maximum absolute atomic E-state index is 12.9. The SMILES string of the molecule is CCC[C@@]1(CO)CN(C(=O)CN2C(=O)COc3ccc(C)cc32)CC[C@H]1O. The van der Waals surface area contributed by atoms with E-state index < -0.39 is 11.5 Å². The number of aliphatic hydroxyl groups is 2. The zero-order chi connectivity index (χ0) is 19.6. The second-order valence-corrected chi connectivity index (χ2v) is 7.63. The monoisotopic (exact) mass is 376 g/mol. The van der Waals surface area contributed by atoms with Gasteiger partial charge in [0.2, 0.25) is 5.91 Å². The molecule has 0 saturated carbocycles. The van der Waals surface area contributed by atoms with E-state index in [0.717, 1.165) is 12.0 Å². The Morgan fingerprint density at radius 2 is 2.19 bits per heavy atom. The second kappa shape index (κ2) is 7.86. The molecule has 2 heterocycles. The van der Waals surface area contributed by atoms with Gasteiger partial charge in [0.25, 0.3) is 5.91 Å². The van der Waals surface area contributed by atoms with Crippen molar-refractivity contribution in [3.05, 3.63) is 23.8 Å². The van der Waals surface area contributed by atoms with E-state index >= 15 is 0 Å². The Morgan fingerprint density at radius 1 is 1.41 bits per heavy atom. The molecule has 2 N–H and O–H groups in total. The molecule has 2 amide bonds. The van der Waals surface area contributed by atoms with Gasteiger partial charge in [0.05, 0.1) is 18.4 Å². The molecule has 1 aromatic carbocycles. The molecule has 0 aromatic heterocycles. The van der Waals surface area contributed by atoms with Crippen molar-refractivity contribution in [2.75, 3.05) is 37.7 Å². The summed E-state index contributed by atoms with van der Waals surface area (Å²) in [6, 6.07) is 5.56. The van der Waals surface area contributed by atoms with E-state index in [-0.39, 0.29) is 31.6 Å². The van der Waals surface area contributed by atoms with Gasteiger partial charge in [0.15, 0.2) is 6.61 Å². The number of rotatable bonds is 5. The number of anilines is 1. The van der Waals surface area contributed by atoms with E-state index in [2.05, 4.69) is 0 Å².